The molecular formula is C118H173N7O20. The summed E-state index contributed by atoms with van der Waals surface area (Å²) in [4.78, 5) is 66.1. The Hall–Kier alpha value is -12.4. The van der Waals surface area contributed by atoms with Crippen LogP contribution in [0.3, 0.4) is 0 Å². The number of anilines is 2. The molecule has 145 heavy (non-hydrogen) atoms. The number of amides is 2. The van der Waals surface area contributed by atoms with Crippen LogP contribution in [0.1, 0.15) is 299 Å². The second kappa shape index (κ2) is 90.3. The zero-order chi connectivity index (χ0) is 110. The van der Waals surface area contributed by atoms with E-state index in [1.54, 1.807) is 67.6 Å². The van der Waals surface area contributed by atoms with E-state index in [1.807, 2.05) is 154 Å². The van der Waals surface area contributed by atoms with Gasteiger partial charge in [0.1, 0.15) is 44.5 Å². The zero-order valence-corrected chi connectivity index (χ0v) is 91.5. The van der Waals surface area contributed by atoms with Crippen molar-refractivity contribution in [2.75, 3.05) is 103 Å². The molecule has 2 N–H and O–H groups in total. The Labute approximate surface area is 870 Å². The Morgan fingerprint density at radius 2 is 0.662 bits per heavy atom. The predicted molar refractivity (Wildman–Crippen MR) is 579 cm³/mol. The number of hydrogen-bond acceptors (Lipinski definition) is 25. The molecule has 0 radical (unpaired) electrons. The quantitative estimate of drug-likeness (QED) is 0.0118. The Kier molecular flexibility index (Phi) is 86.5. The van der Waals surface area contributed by atoms with Crippen molar-refractivity contribution in [1.82, 2.24) is 0 Å². The number of nitrogens with one attached hydrogen (secondary N) is 2. The second-order valence-electron chi connectivity index (χ2n) is 34.5. The van der Waals surface area contributed by atoms with E-state index in [0.29, 0.717) is 151 Å². The lowest BCUT2D eigenvalue weighted by Gasteiger charge is -2.19. The summed E-state index contributed by atoms with van der Waals surface area (Å²) in [5.41, 5.74) is 9.22. The van der Waals surface area contributed by atoms with Crippen LogP contribution in [0.25, 0.3) is 0 Å². The van der Waals surface area contributed by atoms with Crippen LogP contribution in [0.15, 0.2) is 209 Å². The van der Waals surface area contributed by atoms with Crippen molar-refractivity contribution >= 4 is 47.1 Å². The summed E-state index contributed by atoms with van der Waals surface area (Å²) in [7, 11) is 0. The van der Waals surface area contributed by atoms with Crippen LogP contribution in [-0.2, 0) is 98.8 Å². The van der Waals surface area contributed by atoms with Gasteiger partial charge in [-0.3, -0.25) is 19.2 Å². The highest BCUT2D eigenvalue weighted by Crippen LogP contribution is 2.26. The SMILES string of the molecule is C=C(C)C(=O)OCc1ccc(C(C)CC)cc1.C=CC(=O)Nc1ccc(C(C)CC)cc1.C=CC(=O)Nc1ccc(C(C)CC)cc1.C=CC(=O)OCCOCCOC(C)CC.C=COC(=O)C(C)(C)CC.CCC(C)(C)C(=O)OCCC#N.CCC(C)OCCOCCC#N.CCC(C)OCCOCc1ccc(C#N)cc1.CCC(C)OCCOc1ccc(C#N)cc1.CCC(C)OCCOc1ccc(C#N)cc1. The number of carbonyl (C=O) groups excluding carboxylic acids is 6. The van der Waals surface area contributed by atoms with Crippen LogP contribution in [0.2, 0.25) is 0 Å². The largest absolute Gasteiger partial charge is 0.491 e. The first-order valence-corrected chi connectivity index (χ1v) is 50.3. The molecule has 800 valence electrons. The van der Waals surface area contributed by atoms with Gasteiger partial charge in [-0.2, -0.15) is 26.3 Å². The van der Waals surface area contributed by atoms with Gasteiger partial charge in [0, 0.05) is 23.0 Å². The summed E-state index contributed by atoms with van der Waals surface area (Å²) in [6.07, 6.45) is 17.0. The number of benzene rings is 6. The lowest BCUT2D eigenvalue weighted by molar-refractivity contribution is -0.154. The van der Waals surface area contributed by atoms with E-state index in [9.17, 15) is 28.8 Å². The van der Waals surface area contributed by atoms with Crippen LogP contribution < -0.4 is 20.1 Å². The third-order valence-electron chi connectivity index (χ3n) is 22.1. The summed E-state index contributed by atoms with van der Waals surface area (Å²) in [6.45, 7) is 71.6. The molecule has 0 saturated carbocycles. The molecule has 6 aromatic rings. The highest BCUT2D eigenvalue weighted by atomic mass is 16.6. The Bertz CT molecular complexity index is 4520. The number of rotatable bonds is 55. The number of nitriles is 5. The monoisotopic (exact) mass is 2010 g/mol. The summed E-state index contributed by atoms with van der Waals surface area (Å²) in [5.74, 6) is 1.69. The fourth-order valence-corrected chi connectivity index (χ4v) is 10.0. The van der Waals surface area contributed by atoms with Gasteiger partial charge in [-0.15, -0.1) is 0 Å². The lowest BCUT2D eigenvalue weighted by Crippen LogP contribution is -2.25. The summed E-state index contributed by atoms with van der Waals surface area (Å²) in [6, 6.07) is 55.8. The molecular weight excluding hydrogens is 1840 g/mol. The summed E-state index contributed by atoms with van der Waals surface area (Å²) in [5, 5.41) is 47.7. The zero-order valence-electron chi connectivity index (χ0n) is 91.5. The van der Waals surface area contributed by atoms with Crippen LogP contribution in [0.5, 0.6) is 11.5 Å². The van der Waals surface area contributed by atoms with Gasteiger partial charge in [0.2, 0.25) is 11.8 Å². The minimum absolute atomic E-state index is 0.175. The highest BCUT2D eigenvalue weighted by Gasteiger charge is 2.28. The Morgan fingerprint density at radius 1 is 0.352 bits per heavy atom. The van der Waals surface area contributed by atoms with Gasteiger partial charge < -0.3 is 76.9 Å². The van der Waals surface area contributed by atoms with Gasteiger partial charge in [0.25, 0.3) is 0 Å². The number of hydrogen-bond donors (Lipinski definition) is 2. The topological polar surface area (TPSA) is 375 Å². The van der Waals surface area contributed by atoms with Gasteiger partial charge in [-0.1, -0.05) is 184 Å². The highest BCUT2D eigenvalue weighted by molar-refractivity contribution is 5.99. The third-order valence-corrected chi connectivity index (χ3v) is 22.1. The molecule has 0 saturated heterocycles. The molecule has 0 aromatic heterocycles. The van der Waals surface area contributed by atoms with Gasteiger partial charge in [0.15, 0.2) is 0 Å². The molecule has 0 spiro atoms. The number of esters is 4. The average Bonchev–Trinajstić information content (AvgIpc) is 0.895. The first kappa shape index (κ1) is 139. The first-order valence-electron chi connectivity index (χ1n) is 50.3. The van der Waals surface area contributed by atoms with Crippen molar-refractivity contribution in [3.05, 3.63) is 253 Å². The van der Waals surface area contributed by atoms with E-state index >= 15 is 0 Å². The number of carbonyl (C=O) groups is 6. The Balaban J connectivity index is -0.000000764. The van der Waals surface area contributed by atoms with Crippen LogP contribution in [0, 0.1) is 67.5 Å². The van der Waals surface area contributed by atoms with Crippen molar-refractivity contribution < 1.29 is 95.1 Å². The fourth-order valence-electron chi connectivity index (χ4n) is 10.0. The molecule has 0 aliphatic heterocycles. The molecule has 27 heteroatoms. The molecule has 27 nitrogen and oxygen atoms in total. The van der Waals surface area contributed by atoms with Gasteiger partial charge in [0.05, 0.1) is 180 Å². The minimum atomic E-state index is -0.422. The maximum absolute atomic E-state index is 11.2. The lowest BCUT2D eigenvalue weighted by atomic mass is 9.91. The van der Waals surface area contributed by atoms with Crippen LogP contribution >= 0.6 is 0 Å². The van der Waals surface area contributed by atoms with E-state index in [-0.39, 0.29) is 73.1 Å². The summed E-state index contributed by atoms with van der Waals surface area (Å²) >= 11 is 0. The number of ether oxygens (including phenoxy) is 14. The van der Waals surface area contributed by atoms with Crippen molar-refractivity contribution in [2.45, 2.75) is 298 Å². The van der Waals surface area contributed by atoms with Crippen molar-refractivity contribution in [3.8, 4) is 41.8 Å². The predicted octanol–water partition coefficient (Wildman–Crippen LogP) is 26.1. The van der Waals surface area contributed by atoms with Gasteiger partial charge in [-0.05, 0) is 276 Å². The van der Waals surface area contributed by atoms with Crippen molar-refractivity contribution in [2.24, 2.45) is 10.8 Å². The Morgan fingerprint density at radius 3 is 0.979 bits per heavy atom. The van der Waals surface area contributed by atoms with E-state index < -0.39 is 11.4 Å². The molecule has 2 amide bonds. The molecule has 0 heterocycles. The molecule has 0 aliphatic carbocycles. The third kappa shape index (κ3) is 75.9. The molecule has 0 bridgehead atoms. The maximum Gasteiger partial charge on any atom is 0.333 e. The van der Waals surface area contributed by atoms with Crippen LogP contribution in [-0.4, -0.2) is 159 Å². The standard InChI is InChI=1S/C15H20O2.C14H19NO2.2C13H17NO2.2C13H17NO.C11H20O4.C9H15NO2.C9H17NO2.C8H14O2/c1-5-12(4)14-8-6-13(7-9-14)10-17-15(16)11(2)3;1-3-12(2)17-9-8-16-11-14-6-4-13(10-15)5-7-14;2*1-3-11(2)15-8-9-16-13-6-4-12(10-14)5-7-13;2*1-4-10(3)11-6-8-12(9-7-11)14-13(15)5-2;1-4-10(3)14-8-6-13-7-9-15-11(12)5-2;1-4-9(2,3)8(11)12-7-5-6-10;1-3-9(2)12-8-7-11-6-4-5-10;1-5-8(3,4)7(9)10-6-2/h6-9,12H,2,5,10H2,1,3-4H3;4-7,12H,3,8-9,11H2,1-2H3;2*4-7,11H,3,8-9H2,1-2H3;2*5-10H,2,4H2,1,3H3,(H,14,15);5,10H,2,4,6-9H2,1,3H3;4-5,7H2,1-3H3;9H,3-4,6-8H2,1-2H3;6H,2,5H2,1,3-4H3. The minimum Gasteiger partial charge on any atom is -0.491 e. The van der Waals surface area contributed by atoms with Gasteiger partial charge >= 0.3 is 23.9 Å². The van der Waals surface area contributed by atoms with E-state index in [2.05, 4.69) is 162 Å². The molecule has 0 fully saturated rings. The van der Waals surface area contributed by atoms with Crippen molar-refractivity contribution in [1.29, 1.82) is 26.3 Å². The van der Waals surface area contributed by atoms with Gasteiger partial charge in [-0.25, -0.2) is 9.59 Å². The first-order chi connectivity index (χ1) is 69.2. The number of nitrogens with zero attached hydrogens (tertiary/aromatic N) is 5. The second-order valence-corrected chi connectivity index (χ2v) is 34.5. The molecule has 8 atom stereocenters. The molecule has 8 unspecified atom stereocenters. The average molecular weight is 2010 g/mol. The molecule has 6 rings (SSSR count). The smallest absolute Gasteiger partial charge is 0.333 e. The van der Waals surface area contributed by atoms with E-state index in [0.717, 1.165) is 104 Å². The fraction of sp³-hybridized carbons (Fsp3) is 0.517. The van der Waals surface area contributed by atoms with E-state index in [1.165, 1.54) is 35.1 Å². The normalized spacial score (nSPS) is 11.8. The van der Waals surface area contributed by atoms with Crippen LogP contribution in [0.4, 0.5) is 11.4 Å². The summed E-state index contributed by atoms with van der Waals surface area (Å²) < 4.78 is 73.2. The molecule has 0 aliphatic rings. The van der Waals surface area contributed by atoms with Crippen molar-refractivity contribution in [3.63, 3.8) is 0 Å². The van der Waals surface area contributed by atoms with E-state index in [4.69, 9.17) is 87.9 Å². The maximum atomic E-state index is 11.2. The molecule has 6 aromatic carbocycles.